The smallest absolute Gasteiger partial charge is 0.331 e. The quantitative estimate of drug-likeness (QED) is 0.392. The number of hydrogen-bond acceptors (Lipinski definition) is 4. The normalized spacial score (nSPS) is 11.0. The van der Waals surface area contributed by atoms with Gasteiger partial charge >= 0.3 is 5.97 Å². The fraction of sp³-hybridized carbons (Fsp3) is 0.200. The number of aryl methyl sites for hydroxylation is 1. The number of allylic oxidation sites excluding steroid dienone is 1. The number of nitrogens with zero attached hydrogens (tertiary/aromatic N) is 1. The SMILES string of the molecule is COC(=O)COCc1ccc(/C=C/Cn2cccc2C(=O)c2ccc(C)cc2)cc1. The average Bonchev–Trinajstić information content (AvgIpc) is 3.23. The summed E-state index contributed by atoms with van der Waals surface area (Å²) >= 11 is 0. The lowest BCUT2D eigenvalue weighted by Gasteiger charge is -2.07. The lowest BCUT2D eigenvalue weighted by Crippen LogP contribution is -2.09. The van der Waals surface area contributed by atoms with Gasteiger partial charge in [0.05, 0.1) is 19.4 Å². The number of benzene rings is 2. The second kappa shape index (κ2) is 10.4. The van der Waals surface area contributed by atoms with Crippen LogP contribution in [0.15, 0.2) is 72.9 Å². The summed E-state index contributed by atoms with van der Waals surface area (Å²) in [5, 5.41) is 0. The first-order valence-electron chi connectivity index (χ1n) is 9.73. The van der Waals surface area contributed by atoms with E-state index in [-0.39, 0.29) is 18.4 Å². The van der Waals surface area contributed by atoms with Crippen molar-refractivity contribution in [3.63, 3.8) is 0 Å². The molecule has 0 N–H and O–H groups in total. The van der Waals surface area contributed by atoms with E-state index in [4.69, 9.17) is 4.74 Å². The molecule has 3 rings (SSSR count). The first-order valence-corrected chi connectivity index (χ1v) is 9.73. The van der Waals surface area contributed by atoms with Crippen LogP contribution >= 0.6 is 0 Å². The number of aromatic nitrogens is 1. The average molecular weight is 403 g/mol. The van der Waals surface area contributed by atoms with Crippen molar-refractivity contribution < 1.29 is 19.1 Å². The minimum Gasteiger partial charge on any atom is -0.467 e. The van der Waals surface area contributed by atoms with Crippen LogP contribution in [-0.4, -0.2) is 30.0 Å². The number of carbonyl (C=O) groups excluding carboxylic acids is 2. The molecule has 3 aromatic rings. The van der Waals surface area contributed by atoms with Gasteiger partial charge in [-0.15, -0.1) is 0 Å². The van der Waals surface area contributed by atoms with Gasteiger partial charge in [-0.05, 0) is 30.2 Å². The summed E-state index contributed by atoms with van der Waals surface area (Å²) in [6.07, 6.45) is 5.95. The topological polar surface area (TPSA) is 57.5 Å². The van der Waals surface area contributed by atoms with E-state index >= 15 is 0 Å². The Labute approximate surface area is 176 Å². The highest BCUT2D eigenvalue weighted by atomic mass is 16.6. The van der Waals surface area contributed by atoms with Crippen LogP contribution in [0, 0.1) is 6.92 Å². The van der Waals surface area contributed by atoms with Gasteiger partial charge in [-0.2, -0.15) is 0 Å². The summed E-state index contributed by atoms with van der Waals surface area (Å²) in [4.78, 5) is 23.8. The molecule has 0 bridgehead atoms. The number of ether oxygens (including phenoxy) is 2. The van der Waals surface area contributed by atoms with Crippen LogP contribution in [0.2, 0.25) is 0 Å². The van der Waals surface area contributed by atoms with Crippen LogP contribution in [0.1, 0.15) is 32.7 Å². The molecular weight excluding hydrogens is 378 g/mol. The van der Waals surface area contributed by atoms with Crippen molar-refractivity contribution in [2.24, 2.45) is 0 Å². The lowest BCUT2D eigenvalue weighted by atomic mass is 10.1. The first-order chi connectivity index (χ1) is 14.6. The summed E-state index contributed by atoms with van der Waals surface area (Å²) in [5.74, 6) is -0.371. The molecule has 5 nitrogen and oxygen atoms in total. The van der Waals surface area contributed by atoms with Gasteiger partial charge < -0.3 is 14.0 Å². The molecule has 5 heteroatoms. The van der Waals surface area contributed by atoms with Crippen LogP contribution in [0.4, 0.5) is 0 Å². The second-order valence-electron chi connectivity index (χ2n) is 6.95. The molecule has 0 saturated heterocycles. The van der Waals surface area contributed by atoms with Crippen molar-refractivity contribution in [1.29, 1.82) is 0 Å². The summed E-state index contributed by atoms with van der Waals surface area (Å²) in [6, 6.07) is 19.2. The van der Waals surface area contributed by atoms with E-state index in [9.17, 15) is 9.59 Å². The van der Waals surface area contributed by atoms with Crippen molar-refractivity contribution in [3.8, 4) is 0 Å². The molecule has 0 amide bonds. The summed E-state index contributed by atoms with van der Waals surface area (Å²) in [7, 11) is 1.34. The molecule has 0 aliphatic rings. The lowest BCUT2D eigenvalue weighted by molar-refractivity contribution is -0.146. The van der Waals surface area contributed by atoms with E-state index < -0.39 is 0 Å². The number of methoxy groups -OCH3 is 1. The highest BCUT2D eigenvalue weighted by Gasteiger charge is 2.12. The van der Waals surface area contributed by atoms with Crippen molar-refractivity contribution >= 4 is 17.8 Å². The fourth-order valence-corrected chi connectivity index (χ4v) is 2.97. The standard InChI is InChI=1S/C25H25NO4/c1-19-7-13-22(14-8-19)25(28)23-6-4-16-26(23)15-3-5-20-9-11-21(12-10-20)17-30-18-24(27)29-2/h3-14,16H,15,17-18H2,1-2H3/b5-3+. The first kappa shape index (κ1) is 21.3. The number of hydrogen-bond donors (Lipinski definition) is 0. The Morgan fingerprint density at radius 3 is 2.43 bits per heavy atom. The van der Waals surface area contributed by atoms with Crippen LogP contribution in [-0.2, 0) is 27.4 Å². The molecule has 0 fully saturated rings. The molecule has 0 atom stereocenters. The van der Waals surface area contributed by atoms with E-state index in [2.05, 4.69) is 4.74 Å². The summed E-state index contributed by atoms with van der Waals surface area (Å²) in [5.41, 5.74) is 4.51. The van der Waals surface area contributed by atoms with Gasteiger partial charge in [-0.1, -0.05) is 66.2 Å². The fourth-order valence-electron chi connectivity index (χ4n) is 2.97. The summed E-state index contributed by atoms with van der Waals surface area (Å²) in [6.45, 7) is 2.90. The predicted octanol–water partition coefficient (Wildman–Crippen LogP) is 4.43. The van der Waals surface area contributed by atoms with Crippen LogP contribution in [0.25, 0.3) is 6.08 Å². The second-order valence-corrected chi connectivity index (χ2v) is 6.95. The highest BCUT2D eigenvalue weighted by Crippen LogP contribution is 2.13. The van der Waals surface area contributed by atoms with E-state index in [1.54, 1.807) is 0 Å². The van der Waals surface area contributed by atoms with Gasteiger partial charge in [0.25, 0.3) is 0 Å². The minimum absolute atomic E-state index is 0.0182. The van der Waals surface area contributed by atoms with Gasteiger partial charge in [0, 0.05) is 18.3 Å². The highest BCUT2D eigenvalue weighted by molar-refractivity contribution is 6.08. The summed E-state index contributed by atoms with van der Waals surface area (Å²) < 4.78 is 11.8. The van der Waals surface area contributed by atoms with Crippen molar-refractivity contribution in [2.75, 3.05) is 13.7 Å². The Kier molecular flexibility index (Phi) is 7.35. The number of rotatable bonds is 9. The Hall–Kier alpha value is -3.44. The molecule has 0 aliphatic carbocycles. The predicted molar refractivity (Wildman–Crippen MR) is 116 cm³/mol. The molecule has 1 heterocycles. The third-order valence-corrected chi connectivity index (χ3v) is 4.68. The maximum Gasteiger partial charge on any atom is 0.331 e. The number of esters is 1. The Morgan fingerprint density at radius 2 is 1.73 bits per heavy atom. The Balaban J connectivity index is 1.57. The molecule has 0 saturated carbocycles. The largest absolute Gasteiger partial charge is 0.467 e. The zero-order valence-corrected chi connectivity index (χ0v) is 17.2. The van der Waals surface area contributed by atoms with Crippen LogP contribution < -0.4 is 0 Å². The van der Waals surface area contributed by atoms with Crippen LogP contribution in [0.5, 0.6) is 0 Å². The zero-order valence-electron chi connectivity index (χ0n) is 17.2. The van der Waals surface area contributed by atoms with Crippen LogP contribution in [0.3, 0.4) is 0 Å². The molecule has 0 radical (unpaired) electrons. The molecule has 30 heavy (non-hydrogen) atoms. The molecule has 1 aromatic heterocycles. The molecule has 0 spiro atoms. The van der Waals surface area contributed by atoms with Crippen molar-refractivity contribution in [1.82, 2.24) is 4.57 Å². The molecule has 2 aromatic carbocycles. The van der Waals surface area contributed by atoms with Crippen molar-refractivity contribution in [2.45, 2.75) is 20.1 Å². The van der Waals surface area contributed by atoms with E-state index in [1.807, 2.05) is 90.5 Å². The maximum atomic E-state index is 12.8. The van der Waals surface area contributed by atoms with E-state index in [1.165, 1.54) is 7.11 Å². The molecular formula is C25H25NO4. The maximum absolute atomic E-state index is 12.8. The van der Waals surface area contributed by atoms with Gasteiger partial charge in [-0.25, -0.2) is 4.79 Å². The van der Waals surface area contributed by atoms with Gasteiger partial charge in [0.1, 0.15) is 6.61 Å². The van der Waals surface area contributed by atoms with Gasteiger partial charge in [0.15, 0.2) is 0 Å². The molecule has 0 aliphatic heterocycles. The third kappa shape index (κ3) is 5.78. The minimum atomic E-state index is -0.389. The van der Waals surface area contributed by atoms with Gasteiger partial charge in [0.2, 0.25) is 5.78 Å². The van der Waals surface area contributed by atoms with E-state index in [0.29, 0.717) is 24.4 Å². The zero-order chi connectivity index (χ0) is 21.3. The third-order valence-electron chi connectivity index (χ3n) is 4.68. The monoisotopic (exact) mass is 403 g/mol. The Bertz CT molecular complexity index is 1010. The van der Waals surface area contributed by atoms with Gasteiger partial charge in [-0.3, -0.25) is 4.79 Å². The van der Waals surface area contributed by atoms with E-state index in [0.717, 1.165) is 16.7 Å². The van der Waals surface area contributed by atoms with Crippen molar-refractivity contribution in [3.05, 3.63) is 101 Å². The molecule has 0 unspecified atom stereocenters. The molecule has 154 valence electrons. The number of ketones is 1. The number of carbonyl (C=O) groups is 2. The Morgan fingerprint density at radius 1 is 1.00 bits per heavy atom.